The number of nitrogens with one attached hydrogen (secondary N) is 2. The third-order valence-corrected chi connectivity index (χ3v) is 9.72. The Morgan fingerprint density at radius 1 is 1.05 bits per heavy atom. The highest BCUT2D eigenvalue weighted by Gasteiger charge is 2.72. The number of nitrogens with zero attached hydrogens (tertiary/aromatic N) is 1. The molecule has 8 heteroatoms. The molecule has 8 nitrogen and oxygen atoms in total. The van der Waals surface area contributed by atoms with Gasteiger partial charge in [0.1, 0.15) is 17.4 Å². The molecule has 3 heterocycles. The molecule has 42 heavy (non-hydrogen) atoms. The van der Waals surface area contributed by atoms with Crippen molar-refractivity contribution in [3.8, 4) is 5.75 Å². The molecular weight excluding hydrogens is 530 g/mol. The second kappa shape index (κ2) is 11.2. The Morgan fingerprint density at radius 2 is 1.76 bits per heavy atom. The first kappa shape index (κ1) is 28.5. The van der Waals surface area contributed by atoms with E-state index < -0.39 is 29.6 Å². The fourth-order valence-corrected chi connectivity index (χ4v) is 7.33. The second-order valence-electron chi connectivity index (χ2n) is 12.7. The van der Waals surface area contributed by atoms with Crippen LogP contribution in [0.3, 0.4) is 0 Å². The monoisotopic (exact) mass is 571 g/mol. The summed E-state index contributed by atoms with van der Waals surface area (Å²) in [5, 5.41) is 6.31. The normalized spacial score (nSPS) is 31.4. The minimum Gasteiger partial charge on any atom is -0.497 e. The number of amides is 3. The molecule has 2 aromatic rings. The maximum absolute atomic E-state index is 14.3. The number of fused-ring (bicyclic) bond motifs is 1. The Morgan fingerprint density at radius 3 is 2.43 bits per heavy atom. The van der Waals surface area contributed by atoms with E-state index in [1.165, 1.54) is 5.56 Å². The average molecular weight is 572 g/mol. The fraction of sp³-hybridized carbons (Fsp3) is 0.500. The first-order valence-electron chi connectivity index (χ1n) is 15.2. The zero-order valence-corrected chi connectivity index (χ0v) is 24.8. The predicted octanol–water partition coefficient (Wildman–Crippen LogP) is 4.80. The van der Waals surface area contributed by atoms with Crippen molar-refractivity contribution in [2.45, 2.75) is 82.7 Å². The van der Waals surface area contributed by atoms with Gasteiger partial charge in [-0.05, 0) is 60.1 Å². The summed E-state index contributed by atoms with van der Waals surface area (Å²) >= 11 is 0. The number of hydrogen-bond donors (Lipinski definition) is 2. The lowest BCUT2D eigenvalue weighted by Gasteiger charge is -2.36. The molecule has 2 N–H and O–H groups in total. The Labute approximate surface area is 247 Å². The molecule has 3 amide bonds. The molecule has 222 valence electrons. The van der Waals surface area contributed by atoms with E-state index in [2.05, 4.69) is 31.4 Å². The minimum atomic E-state index is -1.19. The van der Waals surface area contributed by atoms with Crippen LogP contribution in [0.15, 0.2) is 60.7 Å². The summed E-state index contributed by atoms with van der Waals surface area (Å²) in [4.78, 5) is 43.8. The van der Waals surface area contributed by atoms with Crippen molar-refractivity contribution in [3.63, 3.8) is 0 Å². The van der Waals surface area contributed by atoms with Crippen molar-refractivity contribution >= 4 is 23.4 Å². The molecule has 7 atom stereocenters. The van der Waals surface area contributed by atoms with E-state index in [9.17, 15) is 14.4 Å². The van der Waals surface area contributed by atoms with Crippen LogP contribution in [0.2, 0.25) is 0 Å². The van der Waals surface area contributed by atoms with Crippen LogP contribution < -0.4 is 15.4 Å². The zero-order chi connectivity index (χ0) is 29.6. The van der Waals surface area contributed by atoms with Gasteiger partial charge in [-0.3, -0.25) is 14.4 Å². The number of carbonyl (C=O) groups is 3. The van der Waals surface area contributed by atoms with Gasteiger partial charge in [-0.1, -0.05) is 70.0 Å². The first-order chi connectivity index (χ1) is 20.2. The van der Waals surface area contributed by atoms with Crippen molar-refractivity contribution in [1.29, 1.82) is 0 Å². The Hall–Kier alpha value is -3.65. The van der Waals surface area contributed by atoms with E-state index in [1.54, 1.807) is 12.0 Å². The molecule has 0 radical (unpaired) electrons. The third kappa shape index (κ3) is 4.89. The SMILES string of the molecule is COc1ccc(CN2C(=O)[C@@H]3C(C(=O)Nc4ccc(C(C)C)cc4)[C@@H]4C=CC3(O4)C2C(=O)NC2CCCCC2C)cc1. The number of methoxy groups -OCH3 is 1. The minimum absolute atomic E-state index is 0.0510. The van der Waals surface area contributed by atoms with Crippen molar-refractivity contribution in [1.82, 2.24) is 10.2 Å². The van der Waals surface area contributed by atoms with Gasteiger partial charge in [0, 0.05) is 18.3 Å². The van der Waals surface area contributed by atoms with Crippen LogP contribution in [0.5, 0.6) is 5.75 Å². The summed E-state index contributed by atoms with van der Waals surface area (Å²) in [6, 6.07) is 14.4. The second-order valence-corrected chi connectivity index (χ2v) is 12.7. The summed E-state index contributed by atoms with van der Waals surface area (Å²) in [5.74, 6) is -0.791. The number of carbonyl (C=O) groups excluding carboxylic acids is 3. The van der Waals surface area contributed by atoms with Crippen molar-refractivity contribution in [2.24, 2.45) is 17.8 Å². The zero-order valence-electron chi connectivity index (χ0n) is 24.8. The van der Waals surface area contributed by atoms with Gasteiger partial charge in [0.05, 0.1) is 25.0 Å². The summed E-state index contributed by atoms with van der Waals surface area (Å²) < 4.78 is 11.8. The molecule has 1 spiro atoms. The molecule has 3 aliphatic heterocycles. The summed E-state index contributed by atoms with van der Waals surface area (Å²) in [6.07, 6.45) is 7.37. The molecule has 2 bridgehead atoms. The van der Waals surface area contributed by atoms with E-state index in [0.717, 1.165) is 31.2 Å². The number of rotatable bonds is 8. The van der Waals surface area contributed by atoms with Gasteiger partial charge < -0.3 is 25.0 Å². The number of hydrogen-bond acceptors (Lipinski definition) is 5. The van der Waals surface area contributed by atoms with Gasteiger partial charge >= 0.3 is 0 Å². The molecule has 2 saturated heterocycles. The van der Waals surface area contributed by atoms with Gasteiger partial charge in [0.15, 0.2) is 0 Å². The Kier molecular flexibility index (Phi) is 7.60. The van der Waals surface area contributed by atoms with E-state index in [1.807, 2.05) is 60.7 Å². The smallest absolute Gasteiger partial charge is 0.246 e. The average Bonchev–Trinajstić information content (AvgIpc) is 3.62. The third-order valence-electron chi connectivity index (χ3n) is 9.72. The van der Waals surface area contributed by atoms with E-state index in [0.29, 0.717) is 23.3 Å². The van der Waals surface area contributed by atoms with Crippen molar-refractivity contribution in [2.75, 3.05) is 12.4 Å². The maximum Gasteiger partial charge on any atom is 0.246 e. The van der Waals surface area contributed by atoms with E-state index in [-0.39, 0.29) is 30.3 Å². The van der Waals surface area contributed by atoms with Gasteiger partial charge in [0.25, 0.3) is 0 Å². The standard InChI is InChI=1S/C34H41N3O5/c1-20(2)23-11-13-24(14-12-23)35-31(38)28-27-17-18-34(42-27)29(28)33(40)37(19-22-9-15-25(41-4)16-10-22)30(34)32(39)36-26-8-6-5-7-21(26)3/h9-18,20-21,26-30H,5-8,19H2,1-4H3,(H,35,38)(H,36,39)/t21?,26?,27-,28?,29-,30?,34?/m0/s1. The van der Waals surface area contributed by atoms with Crippen LogP contribution >= 0.6 is 0 Å². The Bertz CT molecular complexity index is 1370. The molecule has 1 aliphatic carbocycles. The van der Waals surface area contributed by atoms with Crippen LogP contribution in [-0.4, -0.2) is 53.5 Å². The van der Waals surface area contributed by atoms with Crippen molar-refractivity contribution < 1.29 is 23.9 Å². The molecule has 1 saturated carbocycles. The van der Waals surface area contributed by atoms with E-state index in [4.69, 9.17) is 9.47 Å². The first-order valence-corrected chi connectivity index (χ1v) is 15.2. The van der Waals surface area contributed by atoms with Gasteiger partial charge in [0.2, 0.25) is 17.7 Å². The van der Waals surface area contributed by atoms with Crippen LogP contribution in [0.1, 0.15) is 63.5 Å². The molecule has 4 aliphatic rings. The van der Waals surface area contributed by atoms with E-state index >= 15 is 0 Å². The highest BCUT2D eigenvalue weighted by Crippen LogP contribution is 2.55. The van der Waals surface area contributed by atoms with Gasteiger partial charge in [-0.2, -0.15) is 0 Å². The lowest BCUT2D eigenvalue weighted by Crippen LogP contribution is -2.57. The Balaban J connectivity index is 1.30. The fourth-order valence-electron chi connectivity index (χ4n) is 7.33. The number of likely N-dealkylation sites (tertiary alicyclic amines) is 1. The predicted molar refractivity (Wildman–Crippen MR) is 160 cm³/mol. The van der Waals surface area contributed by atoms with Crippen molar-refractivity contribution in [3.05, 3.63) is 71.8 Å². The number of anilines is 1. The molecule has 3 fully saturated rings. The number of ether oxygens (including phenoxy) is 2. The molecule has 0 aromatic heterocycles. The molecule has 6 rings (SSSR count). The summed E-state index contributed by atoms with van der Waals surface area (Å²) in [6.45, 7) is 6.64. The van der Waals surface area contributed by atoms with Crippen LogP contribution in [-0.2, 0) is 25.7 Å². The van der Waals surface area contributed by atoms with Crippen LogP contribution in [0, 0.1) is 17.8 Å². The topological polar surface area (TPSA) is 97.0 Å². The molecular formula is C34H41N3O5. The van der Waals surface area contributed by atoms with Gasteiger partial charge in [-0.25, -0.2) is 0 Å². The van der Waals surface area contributed by atoms with Crippen LogP contribution in [0.4, 0.5) is 5.69 Å². The summed E-state index contributed by atoms with van der Waals surface area (Å²) in [7, 11) is 1.61. The highest BCUT2D eigenvalue weighted by molar-refractivity contribution is 6.02. The summed E-state index contributed by atoms with van der Waals surface area (Å²) in [5.41, 5.74) is 1.53. The van der Waals surface area contributed by atoms with Crippen LogP contribution in [0.25, 0.3) is 0 Å². The lowest BCUT2D eigenvalue weighted by atomic mass is 9.74. The lowest BCUT2D eigenvalue weighted by molar-refractivity contribution is -0.142. The van der Waals surface area contributed by atoms with Gasteiger partial charge in [-0.15, -0.1) is 0 Å². The quantitative estimate of drug-likeness (QED) is 0.444. The molecule has 2 aromatic carbocycles. The number of benzene rings is 2. The largest absolute Gasteiger partial charge is 0.497 e. The highest BCUT2D eigenvalue weighted by atomic mass is 16.5. The molecule has 5 unspecified atom stereocenters. The maximum atomic E-state index is 14.3.